The predicted molar refractivity (Wildman–Crippen MR) is 44.9 cm³/mol. The van der Waals surface area contributed by atoms with Gasteiger partial charge in [-0.05, 0) is 30.0 Å². The predicted octanol–water partition coefficient (Wildman–Crippen LogP) is 2.01. The van der Waals surface area contributed by atoms with Crippen molar-refractivity contribution in [3.05, 3.63) is 35.6 Å². The second-order valence-electron chi connectivity index (χ2n) is 3.34. The number of aliphatic carboxylic acids is 1. The van der Waals surface area contributed by atoms with Crippen molar-refractivity contribution < 1.29 is 14.3 Å². The third-order valence-electron chi connectivity index (χ3n) is 2.41. The van der Waals surface area contributed by atoms with Gasteiger partial charge in [-0.25, -0.2) is 4.39 Å². The van der Waals surface area contributed by atoms with E-state index in [2.05, 4.69) is 0 Å². The molecule has 0 bridgehead atoms. The summed E-state index contributed by atoms with van der Waals surface area (Å²) in [5.74, 6) is -1.20. The van der Waals surface area contributed by atoms with Crippen molar-refractivity contribution in [2.45, 2.75) is 12.3 Å². The number of carboxylic acids is 1. The molecule has 0 aromatic heterocycles. The molecule has 1 N–H and O–H groups in total. The standard InChI is InChI=1S/C10H9FO2/c11-7-3-1-6(2-4-7)8-5-9(8)10(12)13/h1-4,8-9H,5H2,(H,12,13)/t8-,9+/m1/s1. The van der Waals surface area contributed by atoms with Crippen LogP contribution in [0.25, 0.3) is 0 Å². The fraction of sp³-hybridized carbons (Fsp3) is 0.300. The van der Waals surface area contributed by atoms with Crippen LogP contribution in [0.15, 0.2) is 24.3 Å². The van der Waals surface area contributed by atoms with E-state index in [9.17, 15) is 9.18 Å². The molecule has 0 aliphatic heterocycles. The summed E-state index contributed by atoms with van der Waals surface area (Å²) >= 11 is 0. The molecule has 0 radical (unpaired) electrons. The number of hydrogen-bond acceptors (Lipinski definition) is 1. The fourth-order valence-corrected chi connectivity index (χ4v) is 1.55. The van der Waals surface area contributed by atoms with Crippen LogP contribution >= 0.6 is 0 Å². The van der Waals surface area contributed by atoms with Crippen molar-refractivity contribution in [1.29, 1.82) is 0 Å². The van der Waals surface area contributed by atoms with Crippen LogP contribution < -0.4 is 0 Å². The minimum Gasteiger partial charge on any atom is -0.481 e. The van der Waals surface area contributed by atoms with E-state index < -0.39 is 5.97 Å². The van der Waals surface area contributed by atoms with Gasteiger partial charge in [0.05, 0.1) is 5.92 Å². The number of benzene rings is 1. The lowest BCUT2D eigenvalue weighted by Gasteiger charge is -1.96. The highest BCUT2D eigenvalue weighted by atomic mass is 19.1. The van der Waals surface area contributed by atoms with Gasteiger partial charge in [-0.2, -0.15) is 0 Å². The maximum atomic E-state index is 12.5. The zero-order valence-corrected chi connectivity index (χ0v) is 6.90. The summed E-state index contributed by atoms with van der Waals surface area (Å²) < 4.78 is 12.5. The summed E-state index contributed by atoms with van der Waals surface area (Å²) in [6.07, 6.45) is 0.682. The van der Waals surface area contributed by atoms with Gasteiger partial charge in [0.2, 0.25) is 0 Å². The molecule has 0 unspecified atom stereocenters. The molecule has 1 saturated carbocycles. The lowest BCUT2D eigenvalue weighted by molar-refractivity contribution is -0.138. The molecule has 0 saturated heterocycles. The number of rotatable bonds is 2. The van der Waals surface area contributed by atoms with Crippen LogP contribution in [-0.4, -0.2) is 11.1 Å². The quantitative estimate of drug-likeness (QED) is 0.755. The van der Waals surface area contributed by atoms with Crippen LogP contribution in [0.1, 0.15) is 17.9 Å². The average Bonchev–Trinajstić information content (AvgIpc) is 2.85. The molecule has 2 nitrogen and oxygen atoms in total. The molecule has 3 heteroatoms. The Morgan fingerprint density at radius 3 is 2.46 bits per heavy atom. The lowest BCUT2D eigenvalue weighted by Crippen LogP contribution is -1.98. The third kappa shape index (κ3) is 1.54. The van der Waals surface area contributed by atoms with E-state index in [4.69, 9.17) is 5.11 Å². The van der Waals surface area contributed by atoms with Crippen LogP contribution in [0.5, 0.6) is 0 Å². The van der Waals surface area contributed by atoms with Crippen LogP contribution in [0.2, 0.25) is 0 Å². The van der Waals surface area contributed by atoms with Crippen molar-refractivity contribution in [1.82, 2.24) is 0 Å². The van der Waals surface area contributed by atoms with E-state index in [-0.39, 0.29) is 17.7 Å². The Morgan fingerprint density at radius 1 is 1.38 bits per heavy atom. The molecule has 2 atom stereocenters. The first-order valence-corrected chi connectivity index (χ1v) is 4.17. The Balaban J connectivity index is 2.12. The Hall–Kier alpha value is -1.38. The summed E-state index contributed by atoms with van der Waals surface area (Å²) in [6, 6.07) is 6.05. The molecule has 2 rings (SSSR count). The normalized spacial score (nSPS) is 25.6. The highest BCUT2D eigenvalue weighted by molar-refractivity contribution is 5.75. The molecule has 1 aliphatic carbocycles. The molecule has 1 aromatic rings. The molecule has 1 aromatic carbocycles. The van der Waals surface area contributed by atoms with Gasteiger partial charge in [0.1, 0.15) is 5.82 Å². The maximum absolute atomic E-state index is 12.5. The summed E-state index contributed by atoms with van der Waals surface area (Å²) in [6.45, 7) is 0. The van der Waals surface area contributed by atoms with E-state index in [0.717, 1.165) is 5.56 Å². The summed E-state index contributed by atoms with van der Waals surface area (Å²) in [5.41, 5.74) is 0.925. The lowest BCUT2D eigenvalue weighted by atomic mass is 10.1. The topological polar surface area (TPSA) is 37.3 Å². The van der Waals surface area contributed by atoms with E-state index in [1.807, 2.05) is 0 Å². The van der Waals surface area contributed by atoms with E-state index in [0.29, 0.717) is 6.42 Å². The number of hydrogen-bond donors (Lipinski definition) is 1. The molecular formula is C10H9FO2. The first kappa shape index (κ1) is 8.23. The largest absolute Gasteiger partial charge is 0.481 e. The summed E-state index contributed by atoms with van der Waals surface area (Å²) in [4.78, 5) is 10.5. The van der Waals surface area contributed by atoms with Crippen LogP contribution in [0, 0.1) is 11.7 Å². The molecule has 1 fully saturated rings. The highest BCUT2D eigenvalue weighted by Gasteiger charge is 2.43. The smallest absolute Gasteiger partial charge is 0.307 e. The number of halogens is 1. The Bertz CT molecular complexity index is 331. The first-order valence-electron chi connectivity index (χ1n) is 4.17. The summed E-state index contributed by atoms with van der Waals surface area (Å²) in [7, 11) is 0. The van der Waals surface area contributed by atoms with Crippen molar-refractivity contribution in [3.63, 3.8) is 0 Å². The van der Waals surface area contributed by atoms with E-state index in [1.165, 1.54) is 12.1 Å². The first-order chi connectivity index (χ1) is 6.18. The SMILES string of the molecule is O=C(O)[C@H]1C[C@@H]1c1ccc(F)cc1. The molecule has 0 heterocycles. The van der Waals surface area contributed by atoms with E-state index >= 15 is 0 Å². The number of carboxylic acid groups (broad SMARTS) is 1. The molecular weight excluding hydrogens is 171 g/mol. The maximum Gasteiger partial charge on any atom is 0.307 e. The monoisotopic (exact) mass is 180 g/mol. The zero-order chi connectivity index (χ0) is 9.42. The van der Waals surface area contributed by atoms with Crippen molar-refractivity contribution in [2.75, 3.05) is 0 Å². The minimum atomic E-state index is -0.755. The Morgan fingerprint density at radius 2 is 2.00 bits per heavy atom. The third-order valence-corrected chi connectivity index (χ3v) is 2.41. The van der Waals surface area contributed by atoms with Gasteiger partial charge in [-0.1, -0.05) is 12.1 Å². The Labute approximate surface area is 75.0 Å². The highest BCUT2D eigenvalue weighted by Crippen LogP contribution is 2.47. The molecule has 1 aliphatic rings. The van der Waals surface area contributed by atoms with Crippen LogP contribution in [0.3, 0.4) is 0 Å². The van der Waals surface area contributed by atoms with E-state index in [1.54, 1.807) is 12.1 Å². The van der Waals surface area contributed by atoms with Crippen LogP contribution in [-0.2, 0) is 4.79 Å². The van der Waals surface area contributed by atoms with Gasteiger partial charge in [0.25, 0.3) is 0 Å². The van der Waals surface area contributed by atoms with Crippen LogP contribution in [0.4, 0.5) is 4.39 Å². The van der Waals surface area contributed by atoms with Gasteiger partial charge in [-0.15, -0.1) is 0 Å². The average molecular weight is 180 g/mol. The van der Waals surface area contributed by atoms with Gasteiger partial charge in [0.15, 0.2) is 0 Å². The molecule has 68 valence electrons. The van der Waals surface area contributed by atoms with Crippen molar-refractivity contribution >= 4 is 5.97 Å². The number of carbonyl (C=O) groups is 1. The van der Waals surface area contributed by atoms with Gasteiger partial charge in [-0.3, -0.25) is 4.79 Å². The molecule has 0 spiro atoms. The molecule has 13 heavy (non-hydrogen) atoms. The van der Waals surface area contributed by atoms with Gasteiger partial charge < -0.3 is 5.11 Å². The summed E-state index contributed by atoms with van der Waals surface area (Å²) in [5, 5.41) is 8.67. The van der Waals surface area contributed by atoms with Gasteiger partial charge in [0, 0.05) is 0 Å². The van der Waals surface area contributed by atoms with Gasteiger partial charge >= 0.3 is 5.97 Å². The Kier molecular flexibility index (Phi) is 1.79. The van der Waals surface area contributed by atoms with Crippen molar-refractivity contribution in [2.24, 2.45) is 5.92 Å². The van der Waals surface area contributed by atoms with Crippen molar-refractivity contribution in [3.8, 4) is 0 Å². The zero-order valence-electron chi connectivity index (χ0n) is 6.90. The second kappa shape index (κ2) is 2.83. The fourth-order valence-electron chi connectivity index (χ4n) is 1.55. The minimum absolute atomic E-state index is 0.0955. The molecule has 0 amide bonds. The second-order valence-corrected chi connectivity index (χ2v) is 3.34.